The molecule has 0 amide bonds. The first-order valence-electron chi connectivity index (χ1n) is 8.39. The van der Waals surface area contributed by atoms with E-state index in [9.17, 15) is 4.79 Å². The van der Waals surface area contributed by atoms with Crippen molar-refractivity contribution in [3.05, 3.63) is 65.7 Å². The van der Waals surface area contributed by atoms with E-state index in [0.29, 0.717) is 13.0 Å². The number of rotatable bonds is 10. The second-order valence-corrected chi connectivity index (χ2v) is 5.95. The van der Waals surface area contributed by atoms with Gasteiger partial charge in [0.1, 0.15) is 11.8 Å². The monoisotopic (exact) mass is 407 g/mol. The molecule has 0 aliphatic rings. The van der Waals surface area contributed by atoms with Gasteiger partial charge in [-0.15, -0.1) is 17.0 Å². The van der Waals surface area contributed by atoms with Gasteiger partial charge in [-0.2, -0.15) is 0 Å². The fraction of sp³-hybridized carbons (Fsp3) is 0.350. The van der Waals surface area contributed by atoms with Gasteiger partial charge < -0.3 is 15.6 Å². The van der Waals surface area contributed by atoms with Gasteiger partial charge in [-0.3, -0.25) is 4.79 Å². The molecule has 0 saturated heterocycles. The third-order valence-electron chi connectivity index (χ3n) is 3.92. The average molecular weight is 408 g/mol. The predicted octanol–water partition coefficient (Wildman–Crippen LogP) is 4.21. The zero-order valence-electron chi connectivity index (χ0n) is 14.3. The largest absolute Gasteiger partial charge is 0.494 e. The van der Waals surface area contributed by atoms with Crippen molar-refractivity contribution in [2.75, 3.05) is 6.61 Å². The van der Waals surface area contributed by atoms with Crippen LogP contribution >= 0.6 is 17.0 Å². The van der Waals surface area contributed by atoms with Crippen LogP contribution in [0.5, 0.6) is 5.75 Å². The Hall–Kier alpha value is -1.85. The Balaban J connectivity index is 0.00000312. The maximum Gasteiger partial charge on any atom is 0.320 e. The fourth-order valence-corrected chi connectivity index (χ4v) is 2.49. The number of aliphatic carboxylic acids is 1. The molecular formula is C20H26BrNO3. The number of nitrogens with two attached hydrogens (primary N) is 1. The van der Waals surface area contributed by atoms with Gasteiger partial charge in [-0.05, 0) is 48.9 Å². The first-order chi connectivity index (χ1) is 11.6. The highest BCUT2D eigenvalue weighted by Crippen LogP contribution is 2.16. The number of halogens is 1. The molecule has 136 valence electrons. The molecule has 0 aliphatic carbocycles. The number of hydrogen-bond donors (Lipinski definition) is 2. The Labute approximate surface area is 159 Å². The van der Waals surface area contributed by atoms with Gasteiger partial charge in [0, 0.05) is 0 Å². The summed E-state index contributed by atoms with van der Waals surface area (Å²) < 4.78 is 5.72. The Morgan fingerprint density at radius 3 is 2.24 bits per heavy atom. The molecule has 0 bridgehead atoms. The maximum atomic E-state index is 10.6. The van der Waals surface area contributed by atoms with E-state index in [4.69, 9.17) is 15.6 Å². The lowest BCUT2D eigenvalue weighted by Crippen LogP contribution is -2.29. The van der Waals surface area contributed by atoms with Gasteiger partial charge in [-0.25, -0.2) is 0 Å². The molecule has 25 heavy (non-hydrogen) atoms. The zero-order chi connectivity index (χ0) is 17.2. The highest BCUT2D eigenvalue weighted by Gasteiger charge is 2.09. The van der Waals surface area contributed by atoms with Crippen LogP contribution in [0.15, 0.2) is 54.6 Å². The van der Waals surface area contributed by atoms with E-state index in [2.05, 4.69) is 36.4 Å². The first-order valence-corrected chi connectivity index (χ1v) is 8.39. The second-order valence-electron chi connectivity index (χ2n) is 5.95. The second kappa shape index (κ2) is 11.7. The normalized spacial score (nSPS) is 11.4. The van der Waals surface area contributed by atoms with Gasteiger partial charge in [0.05, 0.1) is 6.61 Å². The number of carboxylic acids is 1. The van der Waals surface area contributed by atoms with Crippen molar-refractivity contribution < 1.29 is 14.6 Å². The molecule has 1 unspecified atom stereocenters. The summed E-state index contributed by atoms with van der Waals surface area (Å²) in [6, 6.07) is 17.8. The summed E-state index contributed by atoms with van der Waals surface area (Å²) in [6.45, 7) is 0.639. The smallest absolute Gasteiger partial charge is 0.320 e. The molecule has 0 radical (unpaired) electrons. The van der Waals surface area contributed by atoms with Gasteiger partial charge >= 0.3 is 5.97 Å². The van der Waals surface area contributed by atoms with E-state index in [1.807, 2.05) is 18.2 Å². The molecular weight excluding hydrogens is 382 g/mol. The SMILES string of the molecule is Br.NC(CCCCCOc1ccc(Cc2ccccc2)cc1)C(=O)O. The minimum atomic E-state index is -0.929. The summed E-state index contributed by atoms with van der Waals surface area (Å²) in [7, 11) is 0. The van der Waals surface area contributed by atoms with E-state index in [-0.39, 0.29) is 17.0 Å². The number of hydrogen-bond acceptors (Lipinski definition) is 3. The van der Waals surface area contributed by atoms with Crippen LogP contribution in [0.2, 0.25) is 0 Å². The van der Waals surface area contributed by atoms with Crippen molar-refractivity contribution in [1.82, 2.24) is 0 Å². The van der Waals surface area contributed by atoms with Gasteiger partial charge in [0.25, 0.3) is 0 Å². The standard InChI is InChI=1S/C20H25NO3.BrH/c21-19(20(22)23)9-5-2-6-14-24-18-12-10-17(11-13-18)15-16-7-3-1-4-8-16;/h1,3-4,7-8,10-13,19H,2,5-6,9,14-15,21H2,(H,22,23);1H. The molecule has 0 heterocycles. The third kappa shape index (κ3) is 8.18. The summed E-state index contributed by atoms with van der Waals surface area (Å²) >= 11 is 0. The van der Waals surface area contributed by atoms with Crippen LogP contribution in [-0.2, 0) is 11.2 Å². The number of carbonyl (C=O) groups is 1. The predicted molar refractivity (Wildman–Crippen MR) is 106 cm³/mol. The van der Waals surface area contributed by atoms with Crippen molar-refractivity contribution in [3.8, 4) is 5.75 Å². The summed E-state index contributed by atoms with van der Waals surface area (Å²) in [5.41, 5.74) is 8.02. The number of ether oxygens (including phenoxy) is 1. The molecule has 3 N–H and O–H groups in total. The molecule has 2 aromatic carbocycles. The van der Waals surface area contributed by atoms with Crippen LogP contribution in [0, 0.1) is 0 Å². The molecule has 0 saturated carbocycles. The summed E-state index contributed by atoms with van der Waals surface area (Å²) in [5, 5.41) is 8.70. The molecule has 5 heteroatoms. The van der Waals surface area contributed by atoms with E-state index in [1.54, 1.807) is 0 Å². The Bertz CT molecular complexity index is 617. The van der Waals surface area contributed by atoms with Crippen molar-refractivity contribution in [2.45, 2.75) is 38.1 Å². The topological polar surface area (TPSA) is 72.5 Å². The molecule has 0 aliphatic heterocycles. The van der Waals surface area contributed by atoms with E-state index >= 15 is 0 Å². The van der Waals surface area contributed by atoms with Crippen LogP contribution in [0.4, 0.5) is 0 Å². The summed E-state index contributed by atoms with van der Waals surface area (Å²) in [6.07, 6.45) is 4.08. The summed E-state index contributed by atoms with van der Waals surface area (Å²) in [4.78, 5) is 10.6. The quantitative estimate of drug-likeness (QED) is 0.578. The molecule has 1 atom stereocenters. The lowest BCUT2D eigenvalue weighted by Gasteiger charge is -2.08. The van der Waals surface area contributed by atoms with Crippen LogP contribution in [0.25, 0.3) is 0 Å². The van der Waals surface area contributed by atoms with Crippen LogP contribution in [-0.4, -0.2) is 23.7 Å². The van der Waals surface area contributed by atoms with Crippen LogP contribution in [0.1, 0.15) is 36.8 Å². The minimum absolute atomic E-state index is 0. The highest BCUT2D eigenvalue weighted by molar-refractivity contribution is 8.93. The number of unbranched alkanes of at least 4 members (excludes halogenated alkanes) is 2. The number of carboxylic acid groups (broad SMARTS) is 1. The van der Waals surface area contributed by atoms with Crippen molar-refractivity contribution in [1.29, 1.82) is 0 Å². The molecule has 0 fully saturated rings. The van der Waals surface area contributed by atoms with Gasteiger partial charge in [-0.1, -0.05) is 48.9 Å². The van der Waals surface area contributed by atoms with Gasteiger partial charge in [0.15, 0.2) is 0 Å². The van der Waals surface area contributed by atoms with Crippen LogP contribution < -0.4 is 10.5 Å². The molecule has 2 rings (SSSR count). The van der Waals surface area contributed by atoms with Crippen LogP contribution in [0.3, 0.4) is 0 Å². The van der Waals surface area contributed by atoms with E-state index in [1.165, 1.54) is 11.1 Å². The van der Waals surface area contributed by atoms with Crippen molar-refractivity contribution in [2.24, 2.45) is 5.73 Å². The first kappa shape index (κ1) is 21.2. The fourth-order valence-electron chi connectivity index (χ4n) is 2.49. The van der Waals surface area contributed by atoms with Crippen molar-refractivity contribution >= 4 is 23.0 Å². The van der Waals surface area contributed by atoms with E-state index < -0.39 is 12.0 Å². The minimum Gasteiger partial charge on any atom is -0.494 e. The lowest BCUT2D eigenvalue weighted by molar-refractivity contribution is -0.138. The third-order valence-corrected chi connectivity index (χ3v) is 3.92. The molecule has 0 spiro atoms. The Morgan fingerprint density at radius 2 is 1.60 bits per heavy atom. The maximum absolute atomic E-state index is 10.6. The highest BCUT2D eigenvalue weighted by atomic mass is 79.9. The molecule has 2 aromatic rings. The summed E-state index contributed by atoms with van der Waals surface area (Å²) in [5.74, 6) is -0.0594. The average Bonchev–Trinajstić information content (AvgIpc) is 2.60. The van der Waals surface area contributed by atoms with Gasteiger partial charge in [0.2, 0.25) is 0 Å². The molecule has 4 nitrogen and oxygen atoms in total. The Kier molecular flexibility index (Phi) is 9.88. The molecule has 0 aromatic heterocycles. The lowest BCUT2D eigenvalue weighted by atomic mass is 10.1. The van der Waals surface area contributed by atoms with E-state index in [0.717, 1.165) is 31.4 Å². The Morgan fingerprint density at radius 1 is 0.960 bits per heavy atom. The van der Waals surface area contributed by atoms with Crippen molar-refractivity contribution in [3.63, 3.8) is 0 Å². The zero-order valence-corrected chi connectivity index (χ0v) is 16.0. The number of benzene rings is 2.